The van der Waals surface area contributed by atoms with Crippen molar-refractivity contribution < 1.29 is 80.6 Å². The molecule has 3 heterocycles. The number of hydrogen-bond acceptors (Lipinski definition) is 19. The molecule has 0 saturated carbocycles. The lowest BCUT2D eigenvalue weighted by Gasteiger charge is -2.49. The van der Waals surface area contributed by atoms with Gasteiger partial charge in [-0.1, -0.05) is 6.08 Å². The van der Waals surface area contributed by atoms with Gasteiger partial charge in [0.25, 0.3) is 0 Å². The quantitative estimate of drug-likeness (QED) is 0.104. The third-order valence-electron chi connectivity index (χ3n) is 8.83. The molecule has 16 N–H and O–H groups in total. The van der Waals surface area contributed by atoms with Crippen LogP contribution >= 0.6 is 0 Å². The van der Waals surface area contributed by atoms with Gasteiger partial charge in [-0.2, -0.15) is 0 Å². The van der Waals surface area contributed by atoms with Crippen LogP contribution in [-0.4, -0.2) is 202 Å². The van der Waals surface area contributed by atoms with E-state index in [2.05, 4.69) is 16.0 Å². The van der Waals surface area contributed by atoms with E-state index in [1.165, 1.54) is 13.0 Å². The summed E-state index contributed by atoms with van der Waals surface area (Å²) in [6.45, 7) is -0.511. The number of aliphatic hydroxyl groups excluding tert-OH is 13. The van der Waals surface area contributed by atoms with Crippen molar-refractivity contribution in [2.75, 3.05) is 19.8 Å². The minimum atomic E-state index is -1.79. The van der Waals surface area contributed by atoms with Gasteiger partial charge in [-0.3, -0.25) is 10.6 Å². The number of aliphatic hydroxyl groups is 13. The molecule has 19 nitrogen and oxygen atoms in total. The largest absolute Gasteiger partial charge is 0.394 e. The minimum Gasteiger partial charge on any atom is -0.394 e. The summed E-state index contributed by atoms with van der Waals surface area (Å²) in [6, 6.07) is -4.67. The lowest BCUT2D eigenvalue weighted by molar-refractivity contribution is -0.275. The molecular weight excluding hydrogens is 598 g/mol. The fourth-order valence-corrected chi connectivity index (χ4v) is 6.15. The maximum Gasteiger partial charge on any atom is 0.183 e. The van der Waals surface area contributed by atoms with Gasteiger partial charge in [-0.05, 0) is 12.5 Å². The highest BCUT2D eigenvalue weighted by molar-refractivity contribution is 5.22. The predicted octanol–water partition coefficient (Wildman–Crippen LogP) is -9.42. The summed E-state index contributed by atoms with van der Waals surface area (Å²) in [5.41, 5.74) is 0.0399. The molecule has 3 aliphatic heterocycles. The second kappa shape index (κ2) is 14.8. The van der Waals surface area contributed by atoms with E-state index in [-0.39, 0.29) is 5.57 Å². The van der Waals surface area contributed by atoms with Crippen LogP contribution in [0.15, 0.2) is 11.6 Å². The normalized spacial score (nSPS) is 52.0. The van der Waals surface area contributed by atoms with Crippen LogP contribution in [0.25, 0.3) is 0 Å². The molecule has 0 spiro atoms. The minimum absolute atomic E-state index is 0.0399. The summed E-state index contributed by atoms with van der Waals surface area (Å²) in [5, 5.41) is 142. The number of hydrogen-bond donors (Lipinski definition) is 16. The van der Waals surface area contributed by atoms with Crippen LogP contribution in [0.3, 0.4) is 0 Å². The zero-order chi connectivity index (χ0) is 32.6. The van der Waals surface area contributed by atoms with Crippen LogP contribution in [-0.2, 0) is 14.2 Å². The summed E-state index contributed by atoms with van der Waals surface area (Å²) in [6.07, 6.45) is -21.6. The molecule has 44 heavy (non-hydrogen) atoms. The molecule has 1 aliphatic carbocycles. The van der Waals surface area contributed by atoms with Crippen LogP contribution in [0.5, 0.6) is 0 Å². The monoisotopic (exact) mass is 643 g/mol. The molecule has 19 heteroatoms. The highest BCUT2D eigenvalue weighted by Crippen LogP contribution is 2.28. The van der Waals surface area contributed by atoms with E-state index in [0.717, 1.165) is 0 Å². The van der Waals surface area contributed by atoms with Crippen molar-refractivity contribution in [3.63, 3.8) is 0 Å². The average Bonchev–Trinajstić information content (AvgIpc) is 3.00. The van der Waals surface area contributed by atoms with Crippen molar-refractivity contribution in [1.29, 1.82) is 0 Å². The molecule has 4 rings (SSSR count). The summed E-state index contributed by atoms with van der Waals surface area (Å²) >= 11 is 0. The fraction of sp³-hybridized carbons (Fsp3) is 0.920. The van der Waals surface area contributed by atoms with Gasteiger partial charge in [0.2, 0.25) is 0 Å². The Kier molecular flexibility index (Phi) is 12.1. The maximum atomic E-state index is 11.0. The molecule has 4 aliphatic rings. The van der Waals surface area contributed by atoms with Crippen molar-refractivity contribution in [2.24, 2.45) is 0 Å². The number of rotatable bonds is 9. The Bertz CT molecular complexity index is 964. The smallest absolute Gasteiger partial charge is 0.183 e. The Balaban J connectivity index is 1.42. The highest BCUT2D eigenvalue weighted by atomic mass is 16.6. The van der Waals surface area contributed by atoms with Gasteiger partial charge in [-0.15, -0.1) is 0 Å². The molecule has 3 saturated heterocycles. The average molecular weight is 644 g/mol. The van der Waals surface area contributed by atoms with E-state index in [9.17, 15) is 66.4 Å². The Hall–Kier alpha value is -1.02. The molecule has 0 radical (unpaired) electrons. The van der Waals surface area contributed by atoms with Crippen LogP contribution in [0.4, 0.5) is 0 Å². The third kappa shape index (κ3) is 6.96. The summed E-state index contributed by atoms with van der Waals surface area (Å²) in [4.78, 5) is 0. The van der Waals surface area contributed by atoms with E-state index in [1.54, 1.807) is 0 Å². The Morgan fingerprint density at radius 2 is 1.07 bits per heavy atom. The topological polar surface area (TPSA) is 327 Å². The van der Waals surface area contributed by atoms with E-state index in [4.69, 9.17) is 14.2 Å². The second-order valence-electron chi connectivity index (χ2n) is 11.7. The van der Waals surface area contributed by atoms with Crippen molar-refractivity contribution in [3.8, 4) is 0 Å². The van der Waals surface area contributed by atoms with Crippen LogP contribution < -0.4 is 16.0 Å². The molecule has 256 valence electrons. The summed E-state index contributed by atoms with van der Waals surface area (Å²) < 4.78 is 16.6. The van der Waals surface area contributed by atoms with Crippen LogP contribution in [0.2, 0.25) is 0 Å². The van der Waals surface area contributed by atoms with Gasteiger partial charge in [-0.25, -0.2) is 0 Å². The lowest BCUT2D eigenvalue weighted by atomic mass is 9.86. The zero-order valence-electron chi connectivity index (χ0n) is 23.7. The van der Waals surface area contributed by atoms with Gasteiger partial charge in [0.1, 0.15) is 79.6 Å². The van der Waals surface area contributed by atoms with E-state index >= 15 is 0 Å². The molecule has 3 fully saturated rings. The molecule has 19 unspecified atom stereocenters. The van der Waals surface area contributed by atoms with Crippen molar-refractivity contribution in [2.45, 2.75) is 123 Å². The SMILES string of the molecule is CC1OC(NC2C(CO)OC(NC3C(CO)OC(O)C(O)C3O)C(O)C2O)C(O)C(O)C1NC1C=C(CO)C(O)C(O)C1O. The van der Waals surface area contributed by atoms with Crippen molar-refractivity contribution >= 4 is 0 Å². The Morgan fingerprint density at radius 3 is 1.61 bits per heavy atom. The molecule has 0 aromatic rings. The number of nitrogens with one attached hydrogen (secondary N) is 3. The molecule has 0 aromatic carbocycles. The first-order valence-corrected chi connectivity index (χ1v) is 14.3. The van der Waals surface area contributed by atoms with E-state index < -0.39 is 136 Å². The van der Waals surface area contributed by atoms with Crippen molar-refractivity contribution in [3.05, 3.63) is 11.6 Å². The highest BCUT2D eigenvalue weighted by Gasteiger charge is 2.52. The van der Waals surface area contributed by atoms with Gasteiger partial charge in [0, 0.05) is 0 Å². The van der Waals surface area contributed by atoms with Gasteiger partial charge in [0.05, 0.1) is 50.1 Å². The second-order valence-corrected chi connectivity index (χ2v) is 11.7. The van der Waals surface area contributed by atoms with E-state index in [0.29, 0.717) is 0 Å². The van der Waals surface area contributed by atoms with E-state index in [1.807, 2.05) is 0 Å². The molecule has 19 atom stereocenters. The fourth-order valence-electron chi connectivity index (χ4n) is 6.15. The van der Waals surface area contributed by atoms with Crippen LogP contribution in [0, 0.1) is 0 Å². The molecule has 0 bridgehead atoms. The lowest BCUT2D eigenvalue weighted by Crippen LogP contribution is -2.74. The first kappa shape index (κ1) is 35.8. The summed E-state index contributed by atoms with van der Waals surface area (Å²) in [5.74, 6) is 0. The Morgan fingerprint density at radius 1 is 0.568 bits per heavy atom. The molecular formula is C25H45N3O16. The standard InChI is InChI=1S/C25H45N3O16/c1-6-11(26-8-2-7(3-29)14(32)19(37)15(8)33)16(34)20(38)23(42-6)27-12-9(4-30)43-24(21(39)17(12)35)28-13-10(5-31)44-25(41)22(40)18(13)36/h2,6,8-41H,3-5H2,1H3. The Labute approximate surface area is 251 Å². The third-order valence-corrected chi connectivity index (χ3v) is 8.83. The first-order valence-electron chi connectivity index (χ1n) is 14.3. The zero-order valence-corrected chi connectivity index (χ0v) is 23.7. The predicted molar refractivity (Wildman–Crippen MR) is 142 cm³/mol. The molecule has 0 aromatic heterocycles. The first-order chi connectivity index (χ1) is 20.7. The van der Waals surface area contributed by atoms with Gasteiger partial charge >= 0.3 is 0 Å². The maximum absolute atomic E-state index is 11.0. The van der Waals surface area contributed by atoms with Gasteiger partial charge < -0.3 is 85.9 Å². The van der Waals surface area contributed by atoms with Crippen molar-refractivity contribution in [1.82, 2.24) is 16.0 Å². The number of ether oxygens (including phenoxy) is 3. The van der Waals surface area contributed by atoms with Crippen LogP contribution in [0.1, 0.15) is 6.92 Å². The summed E-state index contributed by atoms with van der Waals surface area (Å²) in [7, 11) is 0. The van der Waals surface area contributed by atoms with Gasteiger partial charge in [0.15, 0.2) is 6.29 Å². The molecule has 0 amide bonds.